The highest BCUT2D eigenvalue weighted by molar-refractivity contribution is 8.18. The van der Waals surface area contributed by atoms with Gasteiger partial charge in [-0.15, -0.1) is 0 Å². The average molecular weight is 483 g/mol. The van der Waals surface area contributed by atoms with Gasteiger partial charge in [0.1, 0.15) is 5.75 Å². The van der Waals surface area contributed by atoms with Gasteiger partial charge in [-0.2, -0.15) is 10.1 Å². The van der Waals surface area contributed by atoms with E-state index in [-0.39, 0.29) is 11.9 Å². The molecule has 2 aliphatic rings. The molecule has 3 aromatic rings. The van der Waals surface area contributed by atoms with Crippen molar-refractivity contribution in [2.24, 2.45) is 10.1 Å². The van der Waals surface area contributed by atoms with E-state index in [4.69, 9.17) is 9.84 Å². The van der Waals surface area contributed by atoms with Crippen LogP contribution in [0.1, 0.15) is 29.2 Å². The summed E-state index contributed by atoms with van der Waals surface area (Å²) in [5.74, 6) is 0.564. The number of benzene rings is 3. The van der Waals surface area contributed by atoms with Gasteiger partial charge in [0.15, 0.2) is 5.17 Å². The van der Waals surface area contributed by atoms with Gasteiger partial charge >= 0.3 is 0 Å². The third-order valence-corrected chi connectivity index (χ3v) is 7.00. The zero-order valence-electron chi connectivity index (χ0n) is 19.9. The van der Waals surface area contributed by atoms with E-state index in [1.807, 2.05) is 96.8 Å². The number of rotatable bonds is 5. The summed E-state index contributed by atoms with van der Waals surface area (Å²) in [6.07, 6.45) is 2.61. The van der Waals surface area contributed by atoms with Crippen molar-refractivity contribution in [3.05, 3.63) is 100 Å². The summed E-state index contributed by atoms with van der Waals surface area (Å²) in [5.41, 5.74) is 5.20. The van der Waals surface area contributed by atoms with Crippen LogP contribution < -0.4 is 9.64 Å². The van der Waals surface area contributed by atoms with Crippen molar-refractivity contribution >= 4 is 40.3 Å². The molecule has 0 aromatic heterocycles. The predicted molar refractivity (Wildman–Crippen MR) is 144 cm³/mol. The monoisotopic (exact) mass is 482 g/mol. The molecule has 0 fully saturated rings. The Morgan fingerprint density at radius 1 is 1.00 bits per heavy atom. The number of hydrogen-bond acceptors (Lipinski definition) is 6. The van der Waals surface area contributed by atoms with Gasteiger partial charge in [-0.25, -0.2) is 5.01 Å². The van der Waals surface area contributed by atoms with Gasteiger partial charge in [-0.1, -0.05) is 54.6 Å². The first-order valence-corrected chi connectivity index (χ1v) is 12.2. The summed E-state index contributed by atoms with van der Waals surface area (Å²) in [6.45, 7) is 0. The molecule has 35 heavy (non-hydrogen) atoms. The zero-order chi connectivity index (χ0) is 24.4. The van der Waals surface area contributed by atoms with Crippen LogP contribution in [-0.4, -0.2) is 43.0 Å². The average Bonchev–Trinajstić information content (AvgIpc) is 3.49. The van der Waals surface area contributed by atoms with Crippen molar-refractivity contribution in [2.75, 3.05) is 26.1 Å². The number of amidine groups is 1. The molecule has 0 aliphatic carbocycles. The van der Waals surface area contributed by atoms with Crippen LogP contribution in [0.4, 0.5) is 5.69 Å². The van der Waals surface area contributed by atoms with Gasteiger partial charge < -0.3 is 9.64 Å². The maximum absolute atomic E-state index is 12.8. The topological polar surface area (TPSA) is 57.5 Å². The molecule has 0 saturated carbocycles. The lowest BCUT2D eigenvalue weighted by Gasteiger charge is -2.22. The molecule has 5 rings (SSSR count). The normalized spacial score (nSPS) is 18.6. The first-order chi connectivity index (χ1) is 17.0. The summed E-state index contributed by atoms with van der Waals surface area (Å²) >= 11 is 1.37. The third-order valence-electron chi connectivity index (χ3n) is 6.03. The second kappa shape index (κ2) is 9.80. The highest BCUT2D eigenvalue weighted by Gasteiger charge is 2.36. The number of methoxy groups -OCH3 is 1. The number of thioether (sulfide) groups is 1. The van der Waals surface area contributed by atoms with E-state index in [0.29, 0.717) is 10.1 Å². The number of carbonyl (C=O) groups is 1. The fourth-order valence-electron chi connectivity index (χ4n) is 4.09. The molecule has 2 heterocycles. The summed E-state index contributed by atoms with van der Waals surface area (Å²) in [6, 6.07) is 26.2. The van der Waals surface area contributed by atoms with Crippen molar-refractivity contribution in [1.29, 1.82) is 0 Å². The number of aliphatic imine (C=N–C) groups is 1. The van der Waals surface area contributed by atoms with Gasteiger partial charge in [0.05, 0.1) is 23.8 Å². The summed E-state index contributed by atoms with van der Waals surface area (Å²) in [5, 5.41) is 7.42. The molecular weight excluding hydrogens is 456 g/mol. The van der Waals surface area contributed by atoms with E-state index in [9.17, 15) is 4.79 Å². The van der Waals surface area contributed by atoms with Crippen molar-refractivity contribution in [1.82, 2.24) is 5.01 Å². The maximum atomic E-state index is 12.8. The number of nitrogens with zero attached hydrogens (tertiary/aromatic N) is 4. The first-order valence-electron chi connectivity index (χ1n) is 11.4. The molecule has 2 aliphatic heterocycles. The molecule has 1 atom stereocenters. The van der Waals surface area contributed by atoms with Crippen LogP contribution in [0, 0.1) is 0 Å². The summed E-state index contributed by atoms with van der Waals surface area (Å²) < 4.78 is 5.33. The van der Waals surface area contributed by atoms with Gasteiger partial charge in [0.25, 0.3) is 5.91 Å². The molecule has 0 spiro atoms. The smallest absolute Gasteiger partial charge is 0.286 e. The zero-order valence-corrected chi connectivity index (χ0v) is 20.7. The van der Waals surface area contributed by atoms with Crippen LogP contribution in [0.25, 0.3) is 6.08 Å². The van der Waals surface area contributed by atoms with Crippen molar-refractivity contribution in [3.8, 4) is 5.75 Å². The molecule has 0 N–H and O–H groups in total. The lowest BCUT2D eigenvalue weighted by Crippen LogP contribution is -2.23. The lowest BCUT2D eigenvalue weighted by molar-refractivity contribution is -0.113. The Kier molecular flexibility index (Phi) is 6.42. The number of carbonyl (C=O) groups excluding carboxylic acids is 1. The largest absolute Gasteiger partial charge is 0.497 e. The van der Waals surface area contributed by atoms with E-state index in [2.05, 4.69) is 17.1 Å². The fourth-order valence-corrected chi connectivity index (χ4v) is 5.01. The Labute approximate surface area is 209 Å². The van der Waals surface area contributed by atoms with Crippen LogP contribution in [0.15, 0.2) is 93.9 Å². The molecule has 176 valence electrons. The number of hydrazone groups is 1. The minimum atomic E-state index is -0.237. The number of ether oxygens (including phenoxy) is 1. The standard InChI is InChI=1S/C28H26N4O2S/c1-31(2)22-13-9-19(10-14-22)17-26-27(33)29-28(35-26)32-25(21-11-15-23(34-3)16-12-21)18-24(30-32)20-7-5-4-6-8-20/h4-17,25H,18H2,1-3H3/b26-17-. The number of anilines is 1. The molecular formula is C28H26N4O2S. The second-order valence-corrected chi connectivity index (χ2v) is 9.56. The van der Waals surface area contributed by atoms with Gasteiger partial charge in [0.2, 0.25) is 0 Å². The summed E-state index contributed by atoms with van der Waals surface area (Å²) in [4.78, 5) is 19.8. The lowest BCUT2D eigenvalue weighted by atomic mass is 9.98. The Balaban J connectivity index is 1.44. The van der Waals surface area contributed by atoms with Crippen molar-refractivity contribution in [2.45, 2.75) is 12.5 Å². The van der Waals surface area contributed by atoms with Gasteiger partial charge in [0, 0.05) is 26.2 Å². The van der Waals surface area contributed by atoms with Crippen LogP contribution in [0.5, 0.6) is 5.75 Å². The van der Waals surface area contributed by atoms with E-state index < -0.39 is 0 Å². The quantitative estimate of drug-likeness (QED) is 0.444. The van der Waals surface area contributed by atoms with E-state index in [1.54, 1.807) is 7.11 Å². The maximum Gasteiger partial charge on any atom is 0.286 e. The molecule has 6 nitrogen and oxygen atoms in total. The Morgan fingerprint density at radius 3 is 2.37 bits per heavy atom. The van der Waals surface area contributed by atoms with Gasteiger partial charge in [-0.05, 0) is 58.8 Å². The van der Waals surface area contributed by atoms with E-state index >= 15 is 0 Å². The molecule has 7 heteroatoms. The SMILES string of the molecule is COc1ccc(C2CC(c3ccccc3)=NN2C2=NC(=O)/C(=C/c3ccc(N(C)C)cc3)S2)cc1. The molecule has 0 bridgehead atoms. The van der Waals surface area contributed by atoms with E-state index in [1.165, 1.54) is 11.8 Å². The Bertz CT molecular complexity index is 1310. The highest BCUT2D eigenvalue weighted by Crippen LogP contribution is 2.40. The van der Waals surface area contributed by atoms with Crippen LogP contribution in [0.3, 0.4) is 0 Å². The minimum absolute atomic E-state index is 0.0612. The predicted octanol–water partition coefficient (Wildman–Crippen LogP) is 5.58. The van der Waals surface area contributed by atoms with Crippen LogP contribution in [-0.2, 0) is 4.79 Å². The molecule has 3 aromatic carbocycles. The molecule has 0 saturated heterocycles. The van der Waals surface area contributed by atoms with Crippen molar-refractivity contribution in [3.63, 3.8) is 0 Å². The minimum Gasteiger partial charge on any atom is -0.497 e. The Morgan fingerprint density at radius 2 is 1.71 bits per heavy atom. The summed E-state index contributed by atoms with van der Waals surface area (Å²) in [7, 11) is 5.66. The van der Waals surface area contributed by atoms with Crippen molar-refractivity contribution < 1.29 is 9.53 Å². The van der Waals surface area contributed by atoms with E-state index in [0.717, 1.165) is 40.3 Å². The highest BCUT2D eigenvalue weighted by atomic mass is 32.2. The number of amides is 1. The fraction of sp³-hybridized carbons (Fsp3) is 0.179. The third kappa shape index (κ3) is 4.86. The second-order valence-electron chi connectivity index (χ2n) is 8.55. The first kappa shape index (κ1) is 22.9. The number of hydrogen-bond donors (Lipinski definition) is 0. The van der Waals surface area contributed by atoms with Crippen LogP contribution in [0.2, 0.25) is 0 Å². The molecule has 1 unspecified atom stereocenters. The van der Waals surface area contributed by atoms with Crippen LogP contribution >= 0.6 is 11.8 Å². The van der Waals surface area contributed by atoms with Gasteiger partial charge in [-0.3, -0.25) is 4.79 Å². The molecule has 0 radical (unpaired) electrons. The molecule has 1 amide bonds. The Hall–Kier alpha value is -3.84.